The number of hydrogen-bond donors (Lipinski definition) is 2. The van der Waals surface area contributed by atoms with Gasteiger partial charge in [-0.1, -0.05) is 0 Å². The molecule has 0 saturated carbocycles. The lowest BCUT2D eigenvalue weighted by molar-refractivity contribution is 0.489. The van der Waals surface area contributed by atoms with Crippen LogP contribution >= 0.6 is 0 Å². The molecule has 2 N–H and O–H groups in total. The van der Waals surface area contributed by atoms with E-state index in [9.17, 15) is 8.78 Å². The van der Waals surface area contributed by atoms with Crippen LogP contribution in [0.1, 0.15) is 11.5 Å². The smallest absolute Gasteiger partial charge is 0.168 e. The summed E-state index contributed by atoms with van der Waals surface area (Å²) in [6, 6.07) is 4.38. The summed E-state index contributed by atoms with van der Waals surface area (Å²) >= 11 is 0. The van der Waals surface area contributed by atoms with Crippen molar-refractivity contribution >= 4 is 11.6 Å². The van der Waals surface area contributed by atoms with E-state index in [-0.39, 0.29) is 18.2 Å². The largest absolute Gasteiger partial charge is 0.465 e. The maximum atomic E-state index is 13.5. The van der Waals surface area contributed by atoms with E-state index in [1.807, 2.05) is 13.0 Å². The molecule has 0 aliphatic heterocycles. The van der Waals surface area contributed by atoms with Gasteiger partial charge in [-0.2, -0.15) is 0 Å². The molecule has 0 saturated heterocycles. The highest BCUT2D eigenvalue weighted by molar-refractivity contribution is 5.47. The average Bonchev–Trinajstić information content (AvgIpc) is 2.74. The number of aryl methyl sites for hydroxylation is 1. The molecular formula is C12H13F2N3O. The van der Waals surface area contributed by atoms with E-state index in [0.717, 1.165) is 11.8 Å². The average molecular weight is 253 g/mol. The highest BCUT2D eigenvalue weighted by Crippen LogP contribution is 2.19. The molecule has 2 aromatic rings. The number of nitrogens with one attached hydrogen (secondary N) is 2. The molecule has 0 aliphatic carbocycles. The minimum absolute atomic E-state index is 0.00507. The Morgan fingerprint density at radius 1 is 1.22 bits per heavy atom. The Morgan fingerprint density at radius 2 is 1.94 bits per heavy atom. The first-order valence-electron chi connectivity index (χ1n) is 5.43. The zero-order chi connectivity index (χ0) is 13.1. The molecular weight excluding hydrogens is 240 g/mol. The van der Waals surface area contributed by atoms with Crippen LogP contribution in [0.4, 0.5) is 20.4 Å². The minimum Gasteiger partial charge on any atom is -0.465 e. The van der Waals surface area contributed by atoms with Crippen molar-refractivity contribution in [3.05, 3.63) is 41.4 Å². The first-order chi connectivity index (χ1) is 8.60. The lowest BCUT2D eigenvalue weighted by Gasteiger charge is -2.08. The van der Waals surface area contributed by atoms with Crippen LogP contribution in [0.25, 0.3) is 0 Å². The first-order valence-corrected chi connectivity index (χ1v) is 5.43. The highest BCUT2D eigenvalue weighted by atomic mass is 19.1. The Labute approximate surface area is 103 Å². The van der Waals surface area contributed by atoms with Crippen LogP contribution < -0.4 is 10.6 Å². The maximum absolute atomic E-state index is 13.5. The Kier molecular flexibility index (Phi) is 3.45. The van der Waals surface area contributed by atoms with E-state index in [1.54, 1.807) is 6.07 Å². The molecule has 2 heterocycles. The second-order valence-corrected chi connectivity index (χ2v) is 3.77. The van der Waals surface area contributed by atoms with Crippen molar-refractivity contribution in [1.82, 2.24) is 4.98 Å². The standard InChI is InChI=1S/C12H13F2N3O/c1-7-3-4-8(18-7)6-16-12-10(14)5-9(13)11(15-2)17-12/h3-5H,6H2,1-2H3,(H2,15,16,17). The molecule has 0 fully saturated rings. The SMILES string of the molecule is CNc1nc(NCc2ccc(C)o2)c(F)cc1F. The molecule has 0 spiro atoms. The Morgan fingerprint density at radius 3 is 2.56 bits per heavy atom. The number of aromatic nitrogens is 1. The summed E-state index contributed by atoms with van der Waals surface area (Å²) in [6.45, 7) is 2.10. The fraction of sp³-hybridized carbons (Fsp3) is 0.250. The van der Waals surface area contributed by atoms with Gasteiger partial charge in [-0.15, -0.1) is 0 Å². The first kappa shape index (κ1) is 12.3. The van der Waals surface area contributed by atoms with Gasteiger partial charge >= 0.3 is 0 Å². The van der Waals surface area contributed by atoms with Gasteiger partial charge in [-0.05, 0) is 19.1 Å². The number of nitrogens with zero attached hydrogens (tertiary/aromatic N) is 1. The van der Waals surface area contributed by atoms with E-state index < -0.39 is 11.6 Å². The van der Waals surface area contributed by atoms with Gasteiger partial charge in [0, 0.05) is 13.1 Å². The summed E-state index contributed by atoms with van der Waals surface area (Å²) in [5.41, 5.74) is 0. The molecule has 0 bridgehead atoms. The van der Waals surface area contributed by atoms with Crippen LogP contribution in [0.3, 0.4) is 0 Å². The number of rotatable bonds is 4. The van der Waals surface area contributed by atoms with E-state index in [4.69, 9.17) is 4.42 Å². The summed E-state index contributed by atoms with van der Waals surface area (Å²) in [4.78, 5) is 3.80. The van der Waals surface area contributed by atoms with Crippen molar-refractivity contribution in [3.63, 3.8) is 0 Å². The van der Waals surface area contributed by atoms with Crippen molar-refractivity contribution < 1.29 is 13.2 Å². The van der Waals surface area contributed by atoms with Gasteiger partial charge in [0.2, 0.25) is 0 Å². The highest BCUT2D eigenvalue weighted by Gasteiger charge is 2.11. The van der Waals surface area contributed by atoms with Crippen LogP contribution in [0.15, 0.2) is 22.6 Å². The number of anilines is 2. The van der Waals surface area contributed by atoms with Crippen LogP contribution in [0.5, 0.6) is 0 Å². The summed E-state index contributed by atoms with van der Waals surface area (Å²) in [6.07, 6.45) is 0. The van der Waals surface area contributed by atoms with Gasteiger partial charge in [0.25, 0.3) is 0 Å². The van der Waals surface area contributed by atoms with E-state index >= 15 is 0 Å². The minimum atomic E-state index is -0.741. The zero-order valence-corrected chi connectivity index (χ0v) is 10.1. The second kappa shape index (κ2) is 5.03. The normalized spacial score (nSPS) is 10.4. The van der Waals surface area contributed by atoms with Crippen LogP contribution in [0.2, 0.25) is 0 Å². The lowest BCUT2D eigenvalue weighted by atomic mass is 10.3. The monoisotopic (exact) mass is 253 g/mol. The van der Waals surface area contributed by atoms with Crippen molar-refractivity contribution in [3.8, 4) is 0 Å². The molecule has 2 rings (SSSR count). The Hall–Kier alpha value is -2.11. The third kappa shape index (κ3) is 2.58. The van der Waals surface area contributed by atoms with Crippen molar-refractivity contribution in [2.75, 3.05) is 17.7 Å². The summed E-state index contributed by atoms with van der Waals surface area (Å²) in [5.74, 6) is -0.0622. The van der Waals surface area contributed by atoms with E-state index in [1.165, 1.54) is 7.05 Å². The number of furan rings is 1. The zero-order valence-electron chi connectivity index (χ0n) is 10.1. The quantitative estimate of drug-likeness (QED) is 0.879. The number of halogens is 2. The van der Waals surface area contributed by atoms with E-state index in [0.29, 0.717) is 5.76 Å². The van der Waals surface area contributed by atoms with Gasteiger partial charge in [0.15, 0.2) is 23.3 Å². The molecule has 0 atom stereocenters. The summed E-state index contributed by atoms with van der Waals surface area (Å²) in [5, 5.41) is 5.31. The van der Waals surface area contributed by atoms with E-state index in [2.05, 4.69) is 15.6 Å². The van der Waals surface area contributed by atoms with Gasteiger partial charge < -0.3 is 15.1 Å². The molecule has 0 aliphatic rings. The molecule has 96 valence electrons. The molecule has 0 amide bonds. The summed E-state index contributed by atoms with van der Waals surface area (Å²) < 4.78 is 32.0. The molecule has 0 unspecified atom stereocenters. The van der Waals surface area contributed by atoms with Crippen LogP contribution in [-0.2, 0) is 6.54 Å². The van der Waals surface area contributed by atoms with Gasteiger partial charge in [0.1, 0.15) is 11.5 Å². The molecule has 0 aromatic carbocycles. The Balaban J connectivity index is 2.13. The van der Waals surface area contributed by atoms with Crippen LogP contribution in [0, 0.1) is 18.6 Å². The second-order valence-electron chi connectivity index (χ2n) is 3.77. The van der Waals surface area contributed by atoms with Crippen molar-refractivity contribution in [2.45, 2.75) is 13.5 Å². The van der Waals surface area contributed by atoms with Crippen molar-refractivity contribution in [2.24, 2.45) is 0 Å². The fourth-order valence-corrected chi connectivity index (χ4v) is 1.52. The van der Waals surface area contributed by atoms with Gasteiger partial charge in [-0.25, -0.2) is 13.8 Å². The molecule has 4 nitrogen and oxygen atoms in total. The predicted octanol–water partition coefficient (Wildman–Crippen LogP) is 2.92. The Bertz CT molecular complexity index is 554. The third-order valence-electron chi connectivity index (χ3n) is 2.39. The molecule has 0 radical (unpaired) electrons. The van der Waals surface area contributed by atoms with Crippen molar-refractivity contribution in [1.29, 1.82) is 0 Å². The number of hydrogen-bond acceptors (Lipinski definition) is 4. The molecule has 2 aromatic heterocycles. The molecule has 6 heteroatoms. The van der Waals surface area contributed by atoms with Crippen LogP contribution in [-0.4, -0.2) is 12.0 Å². The summed E-state index contributed by atoms with van der Waals surface area (Å²) in [7, 11) is 1.52. The topological polar surface area (TPSA) is 50.1 Å². The maximum Gasteiger partial charge on any atom is 0.168 e. The van der Waals surface area contributed by atoms with Gasteiger partial charge in [0.05, 0.1) is 6.54 Å². The molecule has 18 heavy (non-hydrogen) atoms. The number of pyridine rings is 1. The third-order valence-corrected chi connectivity index (χ3v) is 2.39. The predicted molar refractivity (Wildman–Crippen MR) is 64.5 cm³/mol. The fourth-order valence-electron chi connectivity index (χ4n) is 1.52. The lowest BCUT2D eigenvalue weighted by Crippen LogP contribution is -2.06. The van der Waals surface area contributed by atoms with Gasteiger partial charge in [-0.3, -0.25) is 0 Å².